The second-order valence-corrected chi connectivity index (χ2v) is 2.56. The molecule has 3 nitrogen and oxygen atoms in total. The summed E-state index contributed by atoms with van der Waals surface area (Å²) in [6.07, 6.45) is 0. The van der Waals surface area contributed by atoms with Gasteiger partial charge in [-0.15, -0.1) is 0 Å². The van der Waals surface area contributed by atoms with Crippen LogP contribution in [0.5, 0.6) is 0 Å². The number of alkyl halides is 2. The molecule has 5 heteroatoms. The highest BCUT2D eigenvalue weighted by Crippen LogP contribution is 1.99. The minimum absolute atomic E-state index is 0.00410. The average molecular weight is 198 g/mol. The van der Waals surface area contributed by atoms with Gasteiger partial charge in [0.2, 0.25) is 0 Å². The van der Waals surface area contributed by atoms with Gasteiger partial charge in [-0.3, -0.25) is 4.39 Å². The second-order valence-electron chi connectivity index (χ2n) is 2.56. The molecule has 13 heavy (non-hydrogen) atoms. The summed E-state index contributed by atoms with van der Waals surface area (Å²) >= 11 is 0. The van der Waals surface area contributed by atoms with Crippen LogP contribution in [0, 0.1) is 5.92 Å². The molecular weight excluding hydrogens is 182 g/mol. The van der Waals surface area contributed by atoms with E-state index < -0.39 is 13.3 Å². The van der Waals surface area contributed by atoms with Gasteiger partial charge < -0.3 is 14.2 Å². The summed E-state index contributed by atoms with van der Waals surface area (Å²) in [4.78, 5) is 0. The molecule has 80 valence electrons. The molecule has 0 aliphatic carbocycles. The third kappa shape index (κ3) is 8.08. The summed E-state index contributed by atoms with van der Waals surface area (Å²) in [5.74, 6) is -0.265. The van der Waals surface area contributed by atoms with Crippen LogP contribution in [0.2, 0.25) is 0 Å². The Balaban J connectivity index is 3.17. The van der Waals surface area contributed by atoms with Crippen molar-refractivity contribution in [2.24, 2.45) is 5.92 Å². The van der Waals surface area contributed by atoms with E-state index >= 15 is 0 Å². The molecule has 0 heterocycles. The largest absolute Gasteiger partial charge is 0.384 e. The van der Waals surface area contributed by atoms with E-state index in [0.29, 0.717) is 6.61 Å². The lowest BCUT2D eigenvalue weighted by Gasteiger charge is -2.11. The van der Waals surface area contributed by atoms with Crippen molar-refractivity contribution in [2.45, 2.75) is 0 Å². The van der Waals surface area contributed by atoms with Crippen LogP contribution in [0.1, 0.15) is 0 Å². The normalized spacial score (nSPS) is 13.2. The van der Waals surface area contributed by atoms with E-state index in [2.05, 4.69) is 0 Å². The van der Waals surface area contributed by atoms with Crippen LogP contribution in [0.15, 0.2) is 0 Å². The van der Waals surface area contributed by atoms with E-state index in [1.807, 2.05) is 0 Å². The first-order chi connectivity index (χ1) is 6.35. The first-order valence-corrected chi connectivity index (χ1v) is 4.11. The molecule has 1 atom stereocenters. The Morgan fingerprint density at radius 1 is 1.15 bits per heavy atom. The van der Waals surface area contributed by atoms with Gasteiger partial charge >= 0.3 is 0 Å². The standard InChI is InChI=1S/C8H16F2O3/c1-11-5-8(4-10)6-13-7-12-3-2-9/h8H,2-7H2,1H3. The molecule has 0 aromatic carbocycles. The van der Waals surface area contributed by atoms with Gasteiger partial charge in [0.05, 0.1) is 26.5 Å². The van der Waals surface area contributed by atoms with Crippen molar-refractivity contribution >= 4 is 0 Å². The number of methoxy groups -OCH3 is 1. The summed E-state index contributed by atoms with van der Waals surface area (Å²) < 4.78 is 38.0. The highest BCUT2D eigenvalue weighted by molar-refractivity contribution is 4.53. The first-order valence-electron chi connectivity index (χ1n) is 4.11. The second kappa shape index (κ2) is 9.83. The number of ether oxygens (including phenoxy) is 3. The molecule has 0 saturated heterocycles. The van der Waals surface area contributed by atoms with E-state index in [4.69, 9.17) is 14.2 Å². The van der Waals surface area contributed by atoms with E-state index in [1.165, 1.54) is 7.11 Å². The topological polar surface area (TPSA) is 27.7 Å². The third-order valence-electron chi connectivity index (χ3n) is 1.36. The average Bonchev–Trinajstić information content (AvgIpc) is 2.16. The molecule has 0 aliphatic heterocycles. The molecule has 0 saturated carbocycles. The molecular formula is C8H16F2O3. The van der Waals surface area contributed by atoms with Crippen LogP contribution in [0.25, 0.3) is 0 Å². The van der Waals surface area contributed by atoms with Crippen LogP contribution in [0.3, 0.4) is 0 Å². The number of halogens is 2. The summed E-state index contributed by atoms with van der Waals surface area (Å²) in [6, 6.07) is 0. The maximum atomic E-state index is 12.2. The van der Waals surface area contributed by atoms with Crippen LogP contribution in [-0.4, -0.2) is 47.1 Å². The minimum Gasteiger partial charge on any atom is -0.384 e. The van der Waals surface area contributed by atoms with Crippen molar-refractivity contribution in [1.82, 2.24) is 0 Å². The molecule has 0 N–H and O–H groups in total. The molecule has 0 spiro atoms. The van der Waals surface area contributed by atoms with Crippen LogP contribution in [0.4, 0.5) is 8.78 Å². The summed E-state index contributed by atoms with van der Waals surface area (Å²) in [5, 5.41) is 0. The Labute approximate surface area is 77.0 Å². The molecule has 0 aliphatic rings. The van der Waals surface area contributed by atoms with Crippen LogP contribution < -0.4 is 0 Å². The summed E-state index contributed by atoms with van der Waals surface area (Å²) in [5.41, 5.74) is 0. The first kappa shape index (κ1) is 12.7. The zero-order chi connectivity index (χ0) is 9.94. The van der Waals surface area contributed by atoms with Crippen molar-refractivity contribution in [3.05, 3.63) is 0 Å². The lowest BCUT2D eigenvalue weighted by Crippen LogP contribution is -2.18. The van der Waals surface area contributed by atoms with Crippen molar-refractivity contribution in [1.29, 1.82) is 0 Å². The Hall–Kier alpha value is -0.260. The van der Waals surface area contributed by atoms with Gasteiger partial charge in [-0.05, 0) is 0 Å². The monoisotopic (exact) mass is 198 g/mol. The Kier molecular flexibility index (Phi) is 9.63. The predicted octanol–water partition coefficient (Wildman–Crippen LogP) is 1.18. The molecule has 0 bridgehead atoms. The van der Waals surface area contributed by atoms with E-state index in [0.717, 1.165) is 0 Å². The van der Waals surface area contributed by atoms with Gasteiger partial charge in [-0.25, -0.2) is 4.39 Å². The molecule has 0 amide bonds. The fraction of sp³-hybridized carbons (Fsp3) is 1.00. The van der Waals surface area contributed by atoms with E-state index in [9.17, 15) is 8.78 Å². The van der Waals surface area contributed by atoms with Gasteiger partial charge in [0.25, 0.3) is 0 Å². The molecule has 0 aromatic rings. The quantitative estimate of drug-likeness (QED) is 0.411. The predicted molar refractivity (Wildman–Crippen MR) is 44.1 cm³/mol. The van der Waals surface area contributed by atoms with Gasteiger partial charge in [-0.2, -0.15) is 0 Å². The zero-order valence-corrected chi connectivity index (χ0v) is 7.80. The molecule has 0 rings (SSSR count). The Morgan fingerprint density at radius 3 is 2.46 bits per heavy atom. The highest BCUT2D eigenvalue weighted by atomic mass is 19.1. The maximum absolute atomic E-state index is 12.2. The smallest absolute Gasteiger partial charge is 0.146 e. The minimum atomic E-state index is -0.534. The highest BCUT2D eigenvalue weighted by Gasteiger charge is 2.07. The van der Waals surface area contributed by atoms with Crippen molar-refractivity contribution in [2.75, 3.05) is 47.1 Å². The summed E-state index contributed by atoms with van der Waals surface area (Å²) in [6.45, 7) is -0.449. The fourth-order valence-electron chi connectivity index (χ4n) is 0.760. The fourth-order valence-corrected chi connectivity index (χ4v) is 0.760. The Bertz CT molecular complexity index is 103. The van der Waals surface area contributed by atoms with Gasteiger partial charge in [0, 0.05) is 13.0 Å². The van der Waals surface area contributed by atoms with Crippen LogP contribution >= 0.6 is 0 Å². The number of hydrogen-bond donors (Lipinski definition) is 0. The number of hydrogen-bond acceptors (Lipinski definition) is 3. The van der Waals surface area contributed by atoms with E-state index in [1.54, 1.807) is 0 Å². The van der Waals surface area contributed by atoms with Gasteiger partial charge in [0.1, 0.15) is 13.5 Å². The van der Waals surface area contributed by atoms with Gasteiger partial charge in [0.15, 0.2) is 0 Å². The van der Waals surface area contributed by atoms with Gasteiger partial charge in [-0.1, -0.05) is 0 Å². The lowest BCUT2D eigenvalue weighted by atomic mass is 10.2. The van der Waals surface area contributed by atoms with Crippen LogP contribution in [-0.2, 0) is 14.2 Å². The molecule has 1 unspecified atom stereocenters. The lowest BCUT2D eigenvalue weighted by molar-refractivity contribution is -0.0748. The SMILES string of the molecule is COCC(CF)COCOCCF. The molecule has 0 radical (unpaired) electrons. The van der Waals surface area contributed by atoms with Crippen molar-refractivity contribution < 1.29 is 23.0 Å². The van der Waals surface area contributed by atoms with Crippen molar-refractivity contribution in [3.63, 3.8) is 0 Å². The summed E-state index contributed by atoms with van der Waals surface area (Å²) in [7, 11) is 1.50. The molecule has 0 fully saturated rings. The van der Waals surface area contributed by atoms with E-state index in [-0.39, 0.29) is 25.9 Å². The van der Waals surface area contributed by atoms with Crippen molar-refractivity contribution in [3.8, 4) is 0 Å². The zero-order valence-electron chi connectivity index (χ0n) is 7.80. The number of rotatable bonds is 9. The maximum Gasteiger partial charge on any atom is 0.146 e. The molecule has 0 aromatic heterocycles. The Morgan fingerprint density at radius 2 is 1.92 bits per heavy atom. The third-order valence-corrected chi connectivity index (χ3v) is 1.36.